The first-order valence-corrected chi connectivity index (χ1v) is 6.02. The Hall–Kier alpha value is -2.05. The number of hydrogen-bond donors (Lipinski definition) is 1. The van der Waals surface area contributed by atoms with Crippen molar-refractivity contribution in [1.82, 2.24) is 14.9 Å². The van der Waals surface area contributed by atoms with Crippen molar-refractivity contribution in [3.63, 3.8) is 0 Å². The van der Waals surface area contributed by atoms with Crippen molar-refractivity contribution >= 4 is 0 Å². The largest absolute Gasteiger partial charge is 0.306 e. The highest BCUT2D eigenvalue weighted by Gasteiger charge is 2.05. The summed E-state index contributed by atoms with van der Waals surface area (Å²) in [6.45, 7) is 4.71. The fraction of sp³-hybridized carbons (Fsp3) is 0.267. The van der Waals surface area contributed by atoms with Gasteiger partial charge in [-0.05, 0) is 31.5 Å². The predicted octanol–water partition coefficient (Wildman–Crippen LogP) is 2.55. The Morgan fingerprint density at radius 1 is 1.44 bits per heavy atom. The molecule has 92 valence electrons. The average molecular weight is 239 g/mol. The fourth-order valence-electron chi connectivity index (χ4n) is 1.78. The Labute approximate surface area is 108 Å². The molecular weight excluding hydrogens is 222 g/mol. The van der Waals surface area contributed by atoms with E-state index in [9.17, 15) is 0 Å². The van der Waals surface area contributed by atoms with Gasteiger partial charge in [-0.25, -0.2) is 4.98 Å². The van der Waals surface area contributed by atoms with E-state index in [1.807, 2.05) is 17.7 Å². The summed E-state index contributed by atoms with van der Waals surface area (Å²) in [6.07, 6.45) is 5.53. The fourth-order valence-corrected chi connectivity index (χ4v) is 1.78. The highest BCUT2D eigenvalue weighted by atomic mass is 15.0. The topological polar surface area (TPSA) is 29.9 Å². The summed E-state index contributed by atoms with van der Waals surface area (Å²) in [5.74, 6) is 5.90. The van der Waals surface area contributed by atoms with Gasteiger partial charge in [-0.1, -0.05) is 18.1 Å². The molecule has 1 atom stereocenters. The predicted molar refractivity (Wildman–Crippen MR) is 73.4 cm³/mol. The van der Waals surface area contributed by atoms with Crippen LogP contribution < -0.4 is 5.32 Å². The second-order valence-electron chi connectivity index (χ2n) is 4.09. The smallest absolute Gasteiger partial charge is 0.0991 e. The minimum absolute atomic E-state index is 0.286. The number of imidazole rings is 1. The van der Waals surface area contributed by atoms with Crippen LogP contribution in [0.5, 0.6) is 0 Å². The van der Waals surface area contributed by atoms with Gasteiger partial charge in [0.2, 0.25) is 0 Å². The van der Waals surface area contributed by atoms with Gasteiger partial charge in [0.1, 0.15) is 0 Å². The van der Waals surface area contributed by atoms with E-state index >= 15 is 0 Å². The van der Waals surface area contributed by atoms with Gasteiger partial charge in [-0.2, -0.15) is 0 Å². The molecule has 18 heavy (non-hydrogen) atoms. The van der Waals surface area contributed by atoms with Crippen LogP contribution in [0.3, 0.4) is 0 Å². The van der Waals surface area contributed by atoms with Gasteiger partial charge in [0.05, 0.1) is 12.9 Å². The number of benzene rings is 1. The minimum Gasteiger partial charge on any atom is -0.306 e. The maximum Gasteiger partial charge on any atom is 0.0991 e. The van der Waals surface area contributed by atoms with E-state index in [4.69, 9.17) is 0 Å². The normalized spacial score (nSPS) is 11.7. The number of hydrogen-bond acceptors (Lipinski definition) is 2. The Kier molecular flexibility index (Phi) is 4.16. The summed E-state index contributed by atoms with van der Waals surface area (Å²) in [7, 11) is 0. The second kappa shape index (κ2) is 6.04. The summed E-state index contributed by atoms with van der Waals surface area (Å²) in [5, 5.41) is 3.37. The van der Waals surface area contributed by atoms with Crippen molar-refractivity contribution in [2.24, 2.45) is 0 Å². The first-order valence-electron chi connectivity index (χ1n) is 6.02. The van der Waals surface area contributed by atoms with Crippen LogP contribution in [-0.4, -0.2) is 16.1 Å². The molecule has 0 aliphatic heterocycles. The van der Waals surface area contributed by atoms with E-state index in [0.29, 0.717) is 6.54 Å². The van der Waals surface area contributed by atoms with Gasteiger partial charge < -0.3 is 4.57 Å². The molecule has 2 rings (SSSR count). The Morgan fingerprint density at radius 2 is 2.33 bits per heavy atom. The maximum atomic E-state index is 4.06. The molecule has 0 saturated heterocycles. The van der Waals surface area contributed by atoms with Gasteiger partial charge in [0.15, 0.2) is 0 Å². The van der Waals surface area contributed by atoms with Gasteiger partial charge in [-0.3, -0.25) is 5.32 Å². The van der Waals surface area contributed by atoms with E-state index < -0.39 is 0 Å². The molecule has 0 saturated carbocycles. The van der Waals surface area contributed by atoms with Crippen molar-refractivity contribution in [3.05, 3.63) is 48.5 Å². The van der Waals surface area contributed by atoms with Gasteiger partial charge in [-0.15, -0.1) is 5.92 Å². The Bertz CT molecular complexity index is 547. The maximum absolute atomic E-state index is 4.06. The SMILES string of the molecule is CC#CCN[C@@H](C)c1cccc(-n2ccnc2)c1. The van der Waals surface area contributed by atoms with Crippen molar-refractivity contribution in [1.29, 1.82) is 0 Å². The first kappa shape index (κ1) is 12.4. The molecule has 0 fully saturated rings. The summed E-state index contributed by atoms with van der Waals surface area (Å²) in [6, 6.07) is 8.71. The van der Waals surface area contributed by atoms with Crippen molar-refractivity contribution in [3.8, 4) is 17.5 Å². The van der Waals surface area contributed by atoms with Crippen molar-refractivity contribution in [2.75, 3.05) is 6.54 Å². The third-order valence-corrected chi connectivity index (χ3v) is 2.85. The van der Waals surface area contributed by atoms with Crippen LogP contribution >= 0.6 is 0 Å². The lowest BCUT2D eigenvalue weighted by Crippen LogP contribution is -2.18. The van der Waals surface area contributed by atoms with Crippen LogP contribution in [0.1, 0.15) is 25.5 Å². The lowest BCUT2D eigenvalue weighted by atomic mass is 10.1. The molecule has 1 N–H and O–H groups in total. The van der Waals surface area contributed by atoms with Crippen molar-refractivity contribution < 1.29 is 0 Å². The molecular formula is C15H17N3. The molecule has 3 nitrogen and oxygen atoms in total. The van der Waals surface area contributed by atoms with Crippen LogP contribution in [0.15, 0.2) is 43.0 Å². The molecule has 0 spiro atoms. The minimum atomic E-state index is 0.286. The summed E-state index contributed by atoms with van der Waals surface area (Å²) in [4.78, 5) is 4.06. The van der Waals surface area contributed by atoms with Crippen LogP contribution in [0.2, 0.25) is 0 Å². The molecule has 0 aliphatic rings. The molecule has 1 aromatic heterocycles. The van der Waals surface area contributed by atoms with Crippen molar-refractivity contribution in [2.45, 2.75) is 19.9 Å². The molecule has 1 aromatic carbocycles. The zero-order valence-corrected chi connectivity index (χ0v) is 10.7. The molecule has 2 aromatic rings. The van der Waals surface area contributed by atoms with Crippen LogP contribution in [0.4, 0.5) is 0 Å². The van der Waals surface area contributed by atoms with Crippen LogP contribution in [-0.2, 0) is 0 Å². The highest BCUT2D eigenvalue weighted by Crippen LogP contribution is 2.16. The monoisotopic (exact) mass is 239 g/mol. The van der Waals surface area contributed by atoms with E-state index in [-0.39, 0.29) is 6.04 Å². The highest BCUT2D eigenvalue weighted by molar-refractivity contribution is 5.37. The molecule has 0 bridgehead atoms. The Morgan fingerprint density at radius 3 is 3.06 bits per heavy atom. The van der Waals surface area contributed by atoms with E-state index in [1.54, 1.807) is 12.5 Å². The summed E-state index contributed by atoms with van der Waals surface area (Å²) >= 11 is 0. The Balaban J connectivity index is 2.13. The van der Waals surface area contributed by atoms with Gasteiger partial charge >= 0.3 is 0 Å². The lowest BCUT2D eigenvalue weighted by molar-refractivity contribution is 0.623. The number of rotatable bonds is 4. The van der Waals surface area contributed by atoms with Gasteiger partial charge in [0, 0.05) is 24.1 Å². The number of nitrogens with one attached hydrogen (secondary N) is 1. The number of aromatic nitrogens is 2. The average Bonchev–Trinajstić information content (AvgIpc) is 2.93. The third-order valence-electron chi connectivity index (χ3n) is 2.85. The zero-order valence-electron chi connectivity index (χ0n) is 10.7. The summed E-state index contributed by atoms with van der Waals surface area (Å²) < 4.78 is 2.00. The van der Waals surface area contributed by atoms with E-state index in [0.717, 1.165) is 5.69 Å². The van der Waals surface area contributed by atoms with Crippen LogP contribution in [0, 0.1) is 11.8 Å². The second-order valence-corrected chi connectivity index (χ2v) is 4.09. The number of nitrogens with zero attached hydrogens (tertiary/aromatic N) is 2. The van der Waals surface area contributed by atoms with Gasteiger partial charge in [0.25, 0.3) is 0 Å². The van der Waals surface area contributed by atoms with Crippen LogP contribution in [0.25, 0.3) is 5.69 Å². The molecule has 3 heteroatoms. The molecule has 0 radical (unpaired) electrons. The molecule has 1 heterocycles. The third kappa shape index (κ3) is 2.99. The first-order chi connectivity index (χ1) is 8.81. The van der Waals surface area contributed by atoms with E-state index in [1.165, 1.54) is 5.56 Å². The molecule has 0 amide bonds. The quantitative estimate of drug-likeness (QED) is 0.831. The van der Waals surface area contributed by atoms with E-state index in [2.05, 4.69) is 53.3 Å². The standard InChI is InChI=1S/C15H17N3/c1-3-4-8-17-13(2)14-6-5-7-15(11-14)18-10-9-16-12-18/h5-7,9-13,17H,8H2,1-2H3/t13-/m0/s1. The zero-order chi connectivity index (χ0) is 12.8. The summed E-state index contributed by atoms with van der Waals surface area (Å²) in [5.41, 5.74) is 2.37. The molecule has 0 unspecified atom stereocenters. The molecule has 0 aliphatic carbocycles. The lowest BCUT2D eigenvalue weighted by Gasteiger charge is -2.13.